The zero-order valence-electron chi connectivity index (χ0n) is 9.42. The fourth-order valence-corrected chi connectivity index (χ4v) is 2.06. The molecule has 0 bridgehead atoms. The van der Waals surface area contributed by atoms with E-state index in [2.05, 4.69) is 16.9 Å². The predicted octanol–water partition coefficient (Wildman–Crippen LogP) is 3.51. The van der Waals surface area contributed by atoms with E-state index in [1.807, 2.05) is 0 Å². The first-order chi connectivity index (χ1) is 8.08. The van der Waals surface area contributed by atoms with Gasteiger partial charge in [-0.3, -0.25) is 0 Å². The second-order valence-corrected chi connectivity index (χ2v) is 5.28. The normalized spacial score (nSPS) is 15.4. The Kier molecular flexibility index (Phi) is 4.36. The number of likely N-dealkylation sites (N-methyl/N-ethyl adjacent to an activating group) is 1. The van der Waals surface area contributed by atoms with Gasteiger partial charge in [0.1, 0.15) is 11.6 Å². The quantitative estimate of drug-likeness (QED) is 0.777. The Bertz CT molecular complexity index is 410. The molecule has 0 unspecified atom stereocenters. The average Bonchev–Trinajstić information content (AvgIpc) is 3.09. The first-order valence-electron chi connectivity index (χ1n) is 5.42. The Hall–Kier alpha value is -0.220. The highest BCUT2D eigenvalue weighted by molar-refractivity contribution is 6.42. The second-order valence-electron chi connectivity index (χ2n) is 4.11. The van der Waals surface area contributed by atoms with Gasteiger partial charge < -0.3 is 9.64 Å². The SMILES string of the molecule is CN(CCOc1nc(Cl)c(Cl)cc1Cl)C1CC1. The molecule has 0 amide bonds. The molecule has 6 heteroatoms. The molecule has 1 aliphatic rings. The first kappa shape index (κ1) is 13.2. The highest BCUT2D eigenvalue weighted by atomic mass is 35.5. The Morgan fingerprint density at radius 2 is 2.06 bits per heavy atom. The van der Waals surface area contributed by atoms with Crippen molar-refractivity contribution in [1.82, 2.24) is 9.88 Å². The summed E-state index contributed by atoms with van der Waals surface area (Å²) < 4.78 is 5.49. The van der Waals surface area contributed by atoms with E-state index in [-0.39, 0.29) is 5.15 Å². The molecule has 0 atom stereocenters. The van der Waals surface area contributed by atoms with E-state index >= 15 is 0 Å². The van der Waals surface area contributed by atoms with Crippen LogP contribution in [0.25, 0.3) is 0 Å². The van der Waals surface area contributed by atoms with Crippen LogP contribution in [0, 0.1) is 0 Å². The summed E-state index contributed by atoms with van der Waals surface area (Å²) in [6.07, 6.45) is 2.56. The molecule has 0 aromatic carbocycles. The molecule has 1 aromatic rings. The molecule has 1 heterocycles. The lowest BCUT2D eigenvalue weighted by molar-refractivity contribution is 0.226. The highest BCUT2D eigenvalue weighted by Gasteiger charge is 2.25. The lowest BCUT2D eigenvalue weighted by Gasteiger charge is -2.15. The molecule has 3 nitrogen and oxygen atoms in total. The van der Waals surface area contributed by atoms with Crippen LogP contribution in [-0.4, -0.2) is 36.1 Å². The van der Waals surface area contributed by atoms with Crippen LogP contribution in [0.1, 0.15) is 12.8 Å². The van der Waals surface area contributed by atoms with E-state index in [0.29, 0.717) is 22.5 Å². The van der Waals surface area contributed by atoms with Crippen molar-refractivity contribution >= 4 is 34.8 Å². The lowest BCUT2D eigenvalue weighted by Crippen LogP contribution is -2.26. The number of hydrogen-bond acceptors (Lipinski definition) is 3. The Morgan fingerprint density at radius 1 is 1.35 bits per heavy atom. The maximum Gasteiger partial charge on any atom is 0.234 e. The minimum absolute atomic E-state index is 0.210. The summed E-state index contributed by atoms with van der Waals surface area (Å²) in [7, 11) is 2.09. The van der Waals surface area contributed by atoms with Gasteiger partial charge in [0.25, 0.3) is 0 Å². The van der Waals surface area contributed by atoms with Gasteiger partial charge in [-0.15, -0.1) is 0 Å². The van der Waals surface area contributed by atoms with Gasteiger partial charge in [0, 0.05) is 12.6 Å². The summed E-state index contributed by atoms with van der Waals surface area (Å²) in [6.45, 7) is 1.39. The van der Waals surface area contributed by atoms with Crippen LogP contribution >= 0.6 is 34.8 Å². The first-order valence-corrected chi connectivity index (χ1v) is 6.56. The summed E-state index contributed by atoms with van der Waals surface area (Å²) in [6, 6.07) is 2.26. The summed E-state index contributed by atoms with van der Waals surface area (Å²) >= 11 is 17.5. The fourth-order valence-electron chi connectivity index (χ4n) is 1.51. The topological polar surface area (TPSA) is 25.4 Å². The minimum atomic E-state index is 0.210. The molecule has 1 aliphatic carbocycles. The van der Waals surface area contributed by atoms with Gasteiger partial charge in [-0.25, -0.2) is 0 Å². The van der Waals surface area contributed by atoms with E-state index in [4.69, 9.17) is 39.5 Å². The third-order valence-corrected chi connectivity index (χ3v) is 3.65. The molecule has 2 rings (SSSR count). The molecule has 1 aromatic heterocycles. The van der Waals surface area contributed by atoms with Crippen LogP contribution in [0.5, 0.6) is 5.88 Å². The zero-order chi connectivity index (χ0) is 12.4. The molecule has 0 saturated heterocycles. The van der Waals surface area contributed by atoms with Gasteiger partial charge in [-0.2, -0.15) is 4.98 Å². The third-order valence-electron chi connectivity index (χ3n) is 2.71. The van der Waals surface area contributed by atoms with E-state index in [9.17, 15) is 0 Å². The maximum absolute atomic E-state index is 5.95. The summed E-state index contributed by atoms with van der Waals surface area (Å²) in [4.78, 5) is 6.26. The summed E-state index contributed by atoms with van der Waals surface area (Å²) in [5, 5.41) is 0.925. The number of hydrogen-bond donors (Lipinski definition) is 0. The smallest absolute Gasteiger partial charge is 0.234 e. The number of halogens is 3. The van der Waals surface area contributed by atoms with E-state index in [1.165, 1.54) is 12.8 Å². The number of ether oxygens (including phenoxy) is 1. The second kappa shape index (κ2) is 5.61. The van der Waals surface area contributed by atoms with Gasteiger partial charge in [-0.05, 0) is 26.0 Å². The molecule has 17 heavy (non-hydrogen) atoms. The van der Waals surface area contributed by atoms with E-state index < -0.39 is 0 Å². The van der Waals surface area contributed by atoms with Crippen LogP contribution in [0.3, 0.4) is 0 Å². The lowest BCUT2D eigenvalue weighted by atomic mass is 10.5. The molecule has 0 N–H and O–H groups in total. The number of rotatable bonds is 5. The average molecular weight is 296 g/mol. The molecule has 0 spiro atoms. The van der Waals surface area contributed by atoms with Crippen molar-refractivity contribution in [3.8, 4) is 5.88 Å². The summed E-state index contributed by atoms with van der Waals surface area (Å²) in [5.74, 6) is 0.338. The van der Waals surface area contributed by atoms with Crippen LogP contribution in [0.2, 0.25) is 15.2 Å². The van der Waals surface area contributed by atoms with Crippen molar-refractivity contribution in [2.45, 2.75) is 18.9 Å². The van der Waals surface area contributed by atoms with Crippen LogP contribution in [0.15, 0.2) is 6.07 Å². The summed E-state index contributed by atoms with van der Waals surface area (Å²) in [5.41, 5.74) is 0. The van der Waals surface area contributed by atoms with Crippen molar-refractivity contribution < 1.29 is 4.74 Å². The predicted molar refractivity (Wildman–Crippen MR) is 70.4 cm³/mol. The van der Waals surface area contributed by atoms with Crippen LogP contribution in [0.4, 0.5) is 0 Å². The maximum atomic E-state index is 5.95. The Balaban J connectivity index is 1.87. The Morgan fingerprint density at radius 3 is 2.71 bits per heavy atom. The van der Waals surface area contributed by atoms with Gasteiger partial charge in [0.05, 0.1) is 5.02 Å². The molecular formula is C11H13Cl3N2O. The largest absolute Gasteiger partial charge is 0.475 e. The number of nitrogens with zero attached hydrogens (tertiary/aromatic N) is 2. The van der Waals surface area contributed by atoms with Gasteiger partial charge in [0.2, 0.25) is 5.88 Å². The minimum Gasteiger partial charge on any atom is -0.475 e. The van der Waals surface area contributed by atoms with Gasteiger partial charge in [-0.1, -0.05) is 34.8 Å². The van der Waals surface area contributed by atoms with Crippen molar-refractivity contribution in [3.63, 3.8) is 0 Å². The molecule has 1 fully saturated rings. The fraction of sp³-hybridized carbons (Fsp3) is 0.545. The zero-order valence-corrected chi connectivity index (χ0v) is 11.7. The van der Waals surface area contributed by atoms with Crippen molar-refractivity contribution in [2.75, 3.05) is 20.2 Å². The van der Waals surface area contributed by atoms with Crippen LogP contribution in [-0.2, 0) is 0 Å². The number of pyridine rings is 1. The molecule has 1 saturated carbocycles. The highest BCUT2D eigenvalue weighted by Crippen LogP contribution is 2.30. The van der Waals surface area contributed by atoms with Crippen LogP contribution < -0.4 is 4.74 Å². The van der Waals surface area contributed by atoms with E-state index in [0.717, 1.165) is 12.6 Å². The van der Waals surface area contributed by atoms with Gasteiger partial charge in [0.15, 0.2) is 5.15 Å². The third kappa shape index (κ3) is 3.62. The molecular weight excluding hydrogens is 282 g/mol. The number of aromatic nitrogens is 1. The monoisotopic (exact) mass is 294 g/mol. The molecule has 0 aliphatic heterocycles. The molecule has 0 radical (unpaired) electrons. The van der Waals surface area contributed by atoms with E-state index in [1.54, 1.807) is 6.07 Å². The standard InChI is InChI=1S/C11H13Cl3N2O/c1-16(7-2-3-7)4-5-17-11-9(13)6-8(12)10(14)15-11/h6-7H,2-5H2,1H3. The van der Waals surface area contributed by atoms with Gasteiger partial charge >= 0.3 is 0 Å². The van der Waals surface area contributed by atoms with Crippen molar-refractivity contribution in [3.05, 3.63) is 21.3 Å². The van der Waals surface area contributed by atoms with Crippen molar-refractivity contribution in [1.29, 1.82) is 0 Å². The Labute approximate surface area is 116 Å². The van der Waals surface area contributed by atoms with Crippen molar-refractivity contribution in [2.24, 2.45) is 0 Å². The molecule has 94 valence electrons.